The van der Waals surface area contributed by atoms with Crippen LogP contribution in [0.15, 0.2) is 0 Å². The number of nitrogens with one attached hydrogen (secondary N) is 1. The van der Waals surface area contributed by atoms with Crippen molar-refractivity contribution in [2.45, 2.75) is 33.0 Å². The Morgan fingerprint density at radius 3 is 2.23 bits per heavy atom. The Kier molecular flexibility index (Phi) is 4.69. The molecule has 0 aliphatic rings. The van der Waals surface area contributed by atoms with E-state index >= 15 is 0 Å². The predicted octanol–water partition coefficient (Wildman–Crippen LogP) is 0.891. The van der Waals surface area contributed by atoms with Crippen LogP contribution >= 0.6 is 0 Å². The van der Waals surface area contributed by atoms with Crippen molar-refractivity contribution in [3.8, 4) is 0 Å². The molecule has 0 aliphatic heterocycles. The molecule has 0 aromatic heterocycles. The summed E-state index contributed by atoms with van der Waals surface area (Å²) < 4.78 is 5.12. The second kappa shape index (κ2) is 5.01. The van der Waals surface area contributed by atoms with Crippen molar-refractivity contribution in [1.29, 1.82) is 0 Å². The number of carbonyl (C=O) groups excluding carboxylic acids is 2. The highest BCUT2D eigenvalue weighted by molar-refractivity contribution is 6.71. The van der Waals surface area contributed by atoms with E-state index in [2.05, 4.69) is 5.32 Å². The maximum atomic E-state index is 11.1. The van der Waals surface area contributed by atoms with Crippen molar-refractivity contribution in [3.63, 3.8) is 0 Å². The van der Waals surface area contributed by atoms with Gasteiger partial charge in [-0.1, -0.05) is 6.92 Å². The van der Waals surface area contributed by atoms with E-state index in [0.29, 0.717) is 6.42 Å². The molecule has 0 spiro atoms. The van der Waals surface area contributed by atoms with Crippen LogP contribution in [-0.2, 0) is 14.0 Å². The van der Waals surface area contributed by atoms with E-state index in [0.717, 1.165) is 0 Å². The SMILES string of the molecule is CCC(=O)NCC(=O)O[Si](C)(C)C. The van der Waals surface area contributed by atoms with Crippen molar-refractivity contribution in [2.24, 2.45) is 0 Å². The maximum Gasteiger partial charge on any atom is 0.312 e. The van der Waals surface area contributed by atoms with E-state index in [-0.39, 0.29) is 18.4 Å². The van der Waals surface area contributed by atoms with E-state index in [4.69, 9.17) is 4.43 Å². The van der Waals surface area contributed by atoms with E-state index in [9.17, 15) is 9.59 Å². The van der Waals surface area contributed by atoms with E-state index < -0.39 is 8.32 Å². The van der Waals surface area contributed by atoms with Crippen molar-refractivity contribution < 1.29 is 14.0 Å². The molecule has 0 saturated heterocycles. The first kappa shape index (κ1) is 12.2. The highest BCUT2D eigenvalue weighted by atomic mass is 28.4. The van der Waals surface area contributed by atoms with Crippen molar-refractivity contribution in [2.75, 3.05) is 6.54 Å². The summed E-state index contributed by atoms with van der Waals surface area (Å²) in [7, 11) is -1.80. The molecule has 0 fully saturated rings. The minimum Gasteiger partial charge on any atom is -0.519 e. The maximum absolute atomic E-state index is 11.1. The Bertz CT molecular complexity index is 198. The summed E-state index contributed by atoms with van der Waals surface area (Å²) in [6.45, 7) is 7.49. The van der Waals surface area contributed by atoms with Crippen molar-refractivity contribution in [3.05, 3.63) is 0 Å². The monoisotopic (exact) mass is 203 g/mol. The van der Waals surface area contributed by atoms with Crippen LogP contribution in [-0.4, -0.2) is 26.7 Å². The quantitative estimate of drug-likeness (QED) is 0.690. The Balaban J connectivity index is 3.71. The van der Waals surface area contributed by atoms with Gasteiger partial charge >= 0.3 is 5.97 Å². The number of amides is 1. The van der Waals surface area contributed by atoms with Crippen LogP contribution in [0, 0.1) is 0 Å². The molecule has 0 saturated carbocycles. The van der Waals surface area contributed by atoms with Gasteiger partial charge in [-0.3, -0.25) is 9.59 Å². The molecule has 0 heterocycles. The summed E-state index contributed by atoms with van der Waals surface area (Å²) in [5.41, 5.74) is 0. The summed E-state index contributed by atoms with van der Waals surface area (Å²) in [5.74, 6) is -0.478. The van der Waals surface area contributed by atoms with Gasteiger partial charge in [-0.25, -0.2) is 0 Å². The van der Waals surface area contributed by atoms with Gasteiger partial charge in [0.1, 0.15) is 6.54 Å². The smallest absolute Gasteiger partial charge is 0.312 e. The molecule has 4 nitrogen and oxygen atoms in total. The molecule has 1 amide bonds. The summed E-state index contributed by atoms with van der Waals surface area (Å²) in [6.07, 6.45) is 0.389. The molecule has 0 atom stereocenters. The summed E-state index contributed by atoms with van der Waals surface area (Å²) in [4.78, 5) is 21.9. The fraction of sp³-hybridized carbons (Fsp3) is 0.750. The Labute approximate surface area is 79.8 Å². The number of rotatable bonds is 4. The Hall–Kier alpha value is -0.843. The first-order valence-corrected chi connectivity index (χ1v) is 7.74. The topological polar surface area (TPSA) is 55.4 Å². The molecular weight excluding hydrogens is 186 g/mol. The second-order valence-corrected chi connectivity index (χ2v) is 8.15. The summed E-state index contributed by atoms with van der Waals surface area (Å²) in [5, 5.41) is 2.46. The van der Waals surface area contributed by atoms with Gasteiger partial charge in [0.15, 0.2) is 0 Å². The van der Waals surface area contributed by atoms with Gasteiger partial charge in [-0.2, -0.15) is 0 Å². The lowest BCUT2D eigenvalue weighted by molar-refractivity contribution is -0.136. The van der Waals surface area contributed by atoms with Crippen molar-refractivity contribution >= 4 is 20.2 Å². The number of carbonyl (C=O) groups is 2. The standard InChI is InChI=1S/C8H17NO3Si/c1-5-7(10)9-6-8(11)12-13(2,3)4/h5-6H2,1-4H3,(H,9,10). The van der Waals surface area contributed by atoms with Gasteiger partial charge in [0.25, 0.3) is 0 Å². The first-order valence-electron chi connectivity index (χ1n) is 4.33. The lowest BCUT2D eigenvalue weighted by Crippen LogP contribution is -2.36. The van der Waals surface area contributed by atoms with Gasteiger partial charge in [-0.15, -0.1) is 0 Å². The third-order valence-corrected chi connectivity index (χ3v) is 2.01. The zero-order chi connectivity index (χ0) is 10.5. The highest BCUT2D eigenvalue weighted by Crippen LogP contribution is 2.01. The van der Waals surface area contributed by atoms with Crippen LogP contribution in [0.2, 0.25) is 19.6 Å². The third kappa shape index (κ3) is 7.52. The van der Waals surface area contributed by atoms with Gasteiger partial charge in [-0.05, 0) is 19.6 Å². The van der Waals surface area contributed by atoms with E-state index in [1.165, 1.54) is 0 Å². The van der Waals surface area contributed by atoms with E-state index in [1.807, 2.05) is 19.6 Å². The van der Waals surface area contributed by atoms with Gasteiger partial charge in [0.2, 0.25) is 14.2 Å². The summed E-state index contributed by atoms with van der Waals surface area (Å²) >= 11 is 0. The zero-order valence-electron chi connectivity index (χ0n) is 8.64. The van der Waals surface area contributed by atoms with Crippen LogP contribution in [0.25, 0.3) is 0 Å². The molecule has 0 aromatic carbocycles. The first-order chi connectivity index (χ1) is 5.85. The summed E-state index contributed by atoms with van der Waals surface area (Å²) in [6, 6.07) is 0. The molecule has 0 radical (unpaired) electrons. The number of hydrogen-bond donors (Lipinski definition) is 1. The van der Waals surface area contributed by atoms with Gasteiger partial charge in [0.05, 0.1) is 0 Å². The normalized spacial score (nSPS) is 10.8. The Morgan fingerprint density at radius 2 is 1.85 bits per heavy atom. The molecule has 0 rings (SSSR count). The molecule has 1 N–H and O–H groups in total. The molecule has 0 aliphatic carbocycles. The molecule has 13 heavy (non-hydrogen) atoms. The van der Waals surface area contributed by atoms with Crippen LogP contribution in [0.3, 0.4) is 0 Å². The third-order valence-electron chi connectivity index (χ3n) is 1.17. The van der Waals surface area contributed by atoms with Crippen LogP contribution in [0.1, 0.15) is 13.3 Å². The minimum absolute atomic E-state index is 0.0169. The lowest BCUT2D eigenvalue weighted by Gasteiger charge is -2.17. The average Bonchev–Trinajstić information content (AvgIpc) is 1.97. The predicted molar refractivity (Wildman–Crippen MR) is 52.7 cm³/mol. The molecule has 76 valence electrons. The molecule has 5 heteroatoms. The molecular formula is C8H17NO3Si. The molecule has 0 bridgehead atoms. The fourth-order valence-corrected chi connectivity index (χ4v) is 1.43. The second-order valence-electron chi connectivity index (χ2n) is 3.72. The van der Waals surface area contributed by atoms with E-state index in [1.54, 1.807) is 6.92 Å². The Morgan fingerprint density at radius 1 is 1.31 bits per heavy atom. The van der Waals surface area contributed by atoms with Crippen LogP contribution in [0.5, 0.6) is 0 Å². The highest BCUT2D eigenvalue weighted by Gasteiger charge is 2.19. The fourth-order valence-electron chi connectivity index (χ4n) is 0.673. The number of hydrogen-bond acceptors (Lipinski definition) is 3. The van der Waals surface area contributed by atoms with Crippen LogP contribution < -0.4 is 5.32 Å². The minimum atomic E-state index is -1.80. The molecule has 0 aromatic rings. The lowest BCUT2D eigenvalue weighted by atomic mass is 10.4. The van der Waals surface area contributed by atoms with Gasteiger partial charge < -0.3 is 9.74 Å². The van der Waals surface area contributed by atoms with Gasteiger partial charge in [0, 0.05) is 6.42 Å². The largest absolute Gasteiger partial charge is 0.519 e. The molecule has 0 unspecified atom stereocenters. The van der Waals surface area contributed by atoms with Crippen molar-refractivity contribution in [1.82, 2.24) is 5.32 Å². The van der Waals surface area contributed by atoms with Crippen LogP contribution in [0.4, 0.5) is 0 Å². The average molecular weight is 203 g/mol. The zero-order valence-corrected chi connectivity index (χ0v) is 9.64.